The lowest BCUT2D eigenvalue weighted by atomic mass is 10.1. The van der Waals surface area contributed by atoms with Crippen LogP contribution in [0.4, 0.5) is 0 Å². The van der Waals surface area contributed by atoms with Crippen molar-refractivity contribution >= 4 is 5.97 Å². The molecule has 0 bridgehead atoms. The Kier molecular flexibility index (Phi) is 4.31. The molecule has 1 aliphatic heterocycles. The minimum Gasteiger partial charge on any atom is -0.478 e. The van der Waals surface area contributed by atoms with Crippen molar-refractivity contribution < 1.29 is 9.90 Å². The highest BCUT2D eigenvalue weighted by Gasteiger charge is 2.17. The highest BCUT2D eigenvalue weighted by atomic mass is 16.4. The third kappa shape index (κ3) is 3.29. The normalized spacial score (nSPS) is 21.5. The van der Waals surface area contributed by atoms with Gasteiger partial charge in [-0.1, -0.05) is 12.8 Å². The van der Waals surface area contributed by atoms with Crippen molar-refractivity contribution in [2.45, 2.75) is 45.2 Å². The van der Waals surface area contributed by atoms with E-state index in [1.165, 1.54) is 31.9 Å². The Morgan fingerprint density at radius 2 is 2.28 bits per heavy atom. The first-order chi connectivity index (χ1) is 8.66. The van der Waals surface area contributed by atoms with E-state index in [1.807, 2.05) is 6.07 Å². The Balaban J connectivity index is 2.01. The molecular weight excluding hydrogens is 228 g/mol. The van der Waals surface area contributed by atoms with Gasteiger partial charge in [0, 0.05) is 18.8 Å². The lowest BCUT2D eigenvalue weighted by Crippen LogP contribution is -2.32. The lowest BCUT2D eigenvalue weighted by molar-refractivity contribution is 0.0696. The fourth-order valence-corrected chi connectivity index (χ4v) is 2.42. The summed E-state index contributed by atoms with van der Waals surface area (Å²) in [6, 6.07) is 4.04. The second kappa shape index (κ2) is 5.96. The van der Waals surface area contributed by atoms with Crippen LogP contribution in [0.25, 0.3) is 0 Å². The molecule has 0 radical (unpaired) electrons. The van der Waals surface area contributed by atoms with Gasteiger partial charge in [0.1, 0.15) is 0 Å². The number of rotatable bonds is 3. The number of aromatic nitrogens is 1. The van der Waals surface area contributed by atoms with Gasteiger partial charge in [-0.15, -0.1) is 0 Å². The van der Waals surface area contributed by atoms with E-state index in [0.717, 1.165) is 18.8 Å². The fraction of sp³-hybridized carbons (Fsp3) is 0.571. The summed E-state index contributed by atoms with van der Waals surface area (Å²) in [5.74, 6) is -0.919. The largest absolute Gasteiger partial charge is 0.478 e. The molecule has 0 spiro atoms. The molecule has 1 aromatic rings. The maximum atomic E-state index is 10.7. The summed E-state index contributed by atoms with van der Waals surface area (Å²) < 4.78 is 0. The molecule has 1 aromatic heterocycles. The zero-order chi connectivity index (χ0) is 13.0. The van der Waals surface area contributed by atoms with Gasteiger partial charge in [-0.3, -0.25) is 9.88 Å². The molecule has 1 saturated heterocycles. The summed E-state index contributed by atoms with van der Waals surface area (Å²) in [5, 5.41) is 8.83. The van der Waals surface area contributed by atoms with E-state index >= 15 is 0 Å². The van der Waals surface area contributed by atoms with Crippen molar-refractivity contribution in [2.75, 3.05) is 6.54 Å². The monoisotopic (exact) mass is 248 g/mol. The predicted octanol–water partition coefficient (Wildman–Crippen LogP) is 2.54. The molecule has 4 heteroatoms. The van der Waals surface area contributed by atoms with Crippen LogP contribution in [0.5, 0.6) is 0 Å². The number of carboxylic acid groups (broad SMARTS) is 1. The van der Waals surface area contributed by atoms with Gasteiger partial charge in [-0.25, -0.2) is 4.79 Å². The van der Waals surface area contributed by atoms with Crippen LogP contribution in [0.3, 0.4) is 0 Å². The maximum absolute atomic E-state index is 10.7. The van der Waals surface area contributed by atoms with E-state index in [2.05, 4.69) is 16.8 Å². The summed E-state index contributed by atoms with van der Waals surface area (Å²) in [6.07, 6.45) is 6.56. The molecule has 1 unspecified atom stereocenters. The van der Waals surface area contributed by atoms with Gasteiger partial charge in [0.05, 0.1) is 11.3 Å². The first kappa shape index (κ1) is 13.0. The molecule has 1 N–H and O–H groups in total. The van der Waals surface area contributed by atoms with Gasteiger partial charge in [0.15, 0.2) is 0 Å². The topological polar surface area (TPSA) is 53.4 Å². The summed E-state index contributed by atoms with van der Waals surface area (Å²) in [5.41, 5.74) is 1.21. The van der Waals surface area contributed by atoms with E-state index in [0.29, 0.717) is 6.04 Å². The van der Waals surface area contributed by atoms with Crippen molar-refractivity contribution in [1.29, 1.82) is 0 Å². The number of hydrogen-bond acceptors (Lipinski definition) is 3. The minimum atomic E-state index is -0.919. The van der Waals surface area contributed by atoms with Crippen molar-refractivity contribution in [3.8, 4) is 0 Å². The van der Waals surface area contributed by atoms with Gasteiger partial charge >= 0.3 is 5.97 Å². The molecule has 0 aromatic carbocycles. The third-order valence-electron chi connectivity index (χ3n) is 3.63. The smallest absolute Gasteiger partial charge is 0.337 e. The second-order valence-corrected chi connectivity index (χ2v) is 5.01. The van der Waals surface area contributed by atoms with Crippen LogP contribution >= 0.6 is 0 Å². The van der Waals surface area contributed by atoms with Crippen LogP contribution in [0.15, 0.2) is 18.3 Å². The predicted molar refractivity (Wildman–Crippen MR) is 69.5 cm³/mol. The quantitative estimate of drug-likeness (QED) is 0.893. The Bertz CT molecular complexity index is 403. The van der Waals surface area contributed by atoms with Crippen LogP contribution in [-0.4, -0.2) is 33.5 Å². The van der Waals surface area contributed by atoms with Gasteiger partial charge < -0.3 is 5.11 Å². The Labute approximate surface area is 108 Å². The molecule has 2 rings (SSSR count). The summed E-state index contributed by atoms with van der Waals surface area (Å²) in [6.45, 7) is 4.20. The number of carbonyl (C=O) groups is 1. The Morgan fingerprint density at radius 1 is 1.44 bits per heavy atom. The van der Waals surface area contributed by atoms with Crippen molar-refractivity contribution in [2.24, 2.45) is 0 Å². The average molecular weight is 248 g/mol. The van der Waals surface area contributed by atoms with Crippen LogP contribution in [0.1, 0.15) is 48.7 Å². The molecular formula is C14H20N2O2. The van der Waals surface area contributed by atoms with Crippen LogP contribution in [0, 0.1) is 0 Å². The summed E-state index contributed by atoms with van der Waals surface area (Å²) >= 11 is 0. The number of carboxylic acids is 1. The minimum absolute atomic E-state index is 0.252. The fourth-order valence-electron chi connectivity index (χ4n) is 2.42. The molecule has 1 fully saturated rings. The highest BCUT2D eigenvalue weighted by molar-refractivity contribution is 5.87. The highest BCUT2D eigenvalue weighted by Crippen LogP contribution is 2.18. The number of aromatic carboxylic acids is 1. The molecule has 0 amide bonds. The van der Waals surface area contributed by atoms with Crippen LogP contribution in [0.2, 0.25) is 0 Å². The van der Waals surface area contributed by atoms with E-state index < -0.39 is 5.97 Å². The lowest BCUT2D eigenvalue weighted by Gasteiger charge is -2.26. The second-order valence-electron chi connectivity index (χ2n) is 5.01. The van der Waals surface area contributed by atoms with E-state index in [4.69, 9.17) is 5.11 Å². The van der Waals surface area contributed by atoms with E-state index in [9.17, 15) is 4.79 Å². The molecule has 1 atom stereocenters. The van der Waals surface area contributed by atoms with Crippen molar-refractivity contribution in [3.63, 3.8) is 0 Å². The standard InChI is InChI=1S/C14H20N2O2/c1-11-5-3-2-4-8-16(11)10-13-7-6-12(9-15-13)14(17)18/h6-7,9,11H,2-5,8,10H2,1H3,(H,17,18). The molecule has 1 aliphatic rings. The van der Waals surface area contributed by atoms with E-state index in [1.54, 1.807) is 6.07 Å². The Hall–Kier alpha value is -1.42. The summed E-state index contributed by atoms with van der Waals surface area (Å²) in [4.78, 5) is 17.4. The Morgan fingerprint density at radius 3 is 2.94 bits per heavy atom. The molecule has 0 saturated carbocycles. The zero-order valence-corrected chi connectivity index (χ0v) is 10.8. The first-order valence-corrected chi connectivity index (χ1v) is 6.59. The van der Waals surface area contributed by atoms with Gasteiger partial charge in [0.2, 0.25) is 0 Å². The van der Waals surface area contributed by atoms with Gasteiger partial charge in [0.25, 0.3) is 0 Å². The number of pyridine rings is 1. The van der Waals surface area contributed by atoms with E-state index in [-0.39, 0.29) is 5.56 Å². The molecule has 0 aliphatic carbocycles. The number of nitrogens with zero attached hydrogens (tertiary/aromatic N) is 2. The maximum Gasteiger partial charge on any atom is 0.337 e. The van der Waals surface area contributed by atoms with Crippen molar-refractivity contribution in [1.82, 2.24) is 9.88 Å². The number of likely N-dealkylation sites (tertiary alicyclic amines) is 1. The molecule has 18 heavy (non-hydrogen) atoms. The molecule has 4 nitrogen and oxygen atoms in total. The van der Waals surface area contributed by atoms with Crippen LogP contribution < -0.4 is 0 Å². The summed E-state index contributed by atoms with van der Waals surface area (Å²) in [7, 11) is 0. The average Bonchev–Trinajstić information content (AvgIpc) is 2.56. The zero-order valence-electron chi connectivity index (χ0n) is 10.8. The first-order valence-electron chi connectivity index (χ1n) is 6.59. The van der Waals surface area contributed by atoms with Crippen molar-refractivity contribution in [3.05, 3.63) is 29.6 Å². The van der Waals surface area contributed by atoms with Gasteiger partial charge in [-0.2, -0.15) is 0 Å². The third-order valence-corrected chi connectivity index (χ3v) is 3.63. The molecule has 98 valence electrons. The van der Waals surface area contributed by atoms with Crippen LogP contribution in [-0.2, 0) is 6.54 Å². The number of hydrogen-bond donors (Lipinski definition) is 1. The van der Waals surface area contributed by atoms with Gasteiger partial charge in [-0.05, 0) is 38.4 Å². The SMILES string of the molecule is CC1CCCCCN1Cc1ccc(C(=O)O)cn1. The molecule has 2 heterocycles.